The first-order chi connectivity index (χ1) is 6.55. The third-order valence-electron chi connectivity index (χ3n) is 3.07. The first-order valence-electron chi connectivity index (χ1n) is 5.39. The van der Waals surface area contributed by atoms with Crippen molar-refractivity contribution in [1.29, 1.82) is 0 Å². The van der Waals surface area contributed by atoms with E-state index in [1.54, 1.807) is 0 Å². The molecule has 0 spiro atoms. The molecule has 0 aliphatic rings. The van der Waals surface area contributed by atoms with E-state index in [1.165, 1.54) is 6.42 Å². The average Bonchev–Trinajstić information content (AvgIpc) is 2.24. The molecular formula is C9H26N4Si. The molecule has 0 aliphatic heterocycles. The minimum atomic E-state index is -1.86. The summed E-state index contributed by atoms with van der Waals surface area (Å²) in [5.74, 6) is 0.692. The standard InChI is InChI=1S/C9H26N4Si/c1-7-8(2)9(3)13-14(10-4,11-5)12-6/h8-13H,7H2,1-6H3. The Kier molecular flexibility index (Phi) is 6.55. The highest BCUT2D eigenvalue weighted by atomic mass is 28.4. The zero-order valence-electron chi connectivity index (χ0n) is 10.4. The van der Waals surface area contributed by atoms with E-state index in [2.05, 4.69) is 40.7 Å². The van der Waals surface area contributed by atoms with E-state index in [0.29, 0.717) is 12.0 Å². The van der Waals surface area contributed by atoms with Gasteiger partial charge in [-0.25, -0.2) is 0 Å². The van der Waals surface area contributed by atoms with E-state index in [1.807, 2.05) is 21.1 Å². The molecular weight excluding hydrogens is 192 g/mol. The molecule has 0 aromatic rings. The maximum Gasteiger partial charge on any atom is 0.365 e. The number of rotatable bonds is 7. The Labute approximate surface area is 89.6 Å². The monoisotopic (exact) mass is 218 g/mol. The Balaban J connectivity index is 4.28. The van der Waals surface area contributed by atoms with Gasteiger partial charge in [-0.3, -0.25) is 4.98 Å². The van der Waals surface area contributed by atoms with E-state index in [-0.39, 0.29) is 0 Å². The van der Waals surface area contributed by atoms with Crippen LogP contribution in [0.15, 0.2) is 0 Å². The SMILES string of the molecule is CCC(C)C(C)N[Si](NC)(NC)NC. The van der Waals surface area contributed by atoms with E-state index >= 15 is 0 Å². The molecule has 0 aromatic carbocycles. The zero-order valence-corrected chi connectivity index (χ0v) is 11.4. The van der Waals surface area contributed by atoms with Crippen molar-refractivity contribution in [2.45, 2.75) is 33.2 Å². The smallest absolute Gasteiger partial charge is 0.303 e. The van der Waals surface area contributed by atoms with E-state index in [4.69, 9.17) is 0 Å². The molecule has 2 unspecified atom stereocenters. The molecule has 0 amide bonds. The Hall–Kier alpha value is 0.0569. The summed E-state index contributed by atoms with van der Waals surface area (Å²) < 4.78 is 0. The third-order valence-corrected chi connectivity index (χ3v) is 6.21. The second-order valence-electron chi connectivity index (χ2n) is 3.82. The molecule has 0 saturated carbocycles. The zero-order chi connectivity index (χ0) is 11.2. The predicted octanol–water partition coefficient (Wildman–Crippen LogP) is 0.104. The largest absolute Gasteiger partial charge is 0.365 e. The number of nitrogens with one attached hydrogen (secondary N) is 4. The summed E-state index contributed by atoms with van der Waals surface area (Å²) in [6, 6.07) is 0.513. The lowest BCUT2D eigenvalue weighted by Gasteiger charge is -2.34. The van der Waals surface area contributed by atoms with Crippen LogP contribution in [0.2, 0.25) is 0 Å². The molecule has 4 nitrogen and oxygen atoms in total. The third kappa shape index (κ3) is 3.66. The molecule has 86 valence electrons. The Morgan fingerprint density at radius 1 is 1.00 bits per heavy atom. The van der Waals surface area contributed by atoms with Gasteiger partial charge in [0.05, 0.1) is 0 Å². The Morgan fingerprint density at radius 3 is 1.71 bits per heavy atom. The van der Waals surface area contributed by atoms with Gasteiger partial charge in [-0.05, 0) is 34.0 Å². The van der Waals surface area contributed by atoms with Crippen LogP contribution in [0.1, 0.15) is 27.2 Å². The van der Waals surface area contributed by atoms with E-state index in [9.17, 15) is 0 Å². The van der Waals surface area contributed by atoms with Crippen LogP contribution < -0.4 is 19.9 Å². The van der Waals surface area contributed by atoms with Crippen molar-refractivity contribution in [3.63, 3.8) is 0 Å². The van der Waals surface area contributed by atoms with Gasteiger partial charge in [0.1, 0.15) is 0 Å². The fraction of sp³-hybridized carbons (Fsp3) is 1.00. The van der Waals surface area contributed by atoms with Crippen molar-refractivity contribution in [3.8, 4) is 0 Å². The molecule has 0 fully saturated rings. The van der Waals surface area contributed by atoms with Crippen LogP contribution in [0.5, 0.6) is 0 Å². The van der Waals surface area contributed by atoms with Crippen molar-refractivity contribution >= 4 is 8.72 Å². The summed E-state index contributed by atoms with van der Waals surface area (Å²) >= 11 is 0. The minimum Gasteiger partial charge on any atom is -0.303 e. The first-order valence-corrected chi connectivity index (χ1v) is 7.39. The highest BCUT2D eigenvalue weighted by Gasteiger charge is 2.32. The molecule has 5 heteroatoms. The van der Waals surface area contributed by atoms with Crippen molar-refractivity contribution in [2.75, 3.05) is 21.1 Å². The Morgan fingerprint density at radius 2 is 1.43 bits per heavy atom. The van der Waals surface area contributed by atoms with Crippen LogP contribution in [0, 0.1) is 5.92 Å². The van der Waals surface area contributed by atoms with Crippen LogP contribution in [0.3, 0.4) is 0 Å². The highest BCUT2D eigenvalue weighted by Crippen LogP contribution is 2.07. The van der Waals surface area contributed by atoms with Gasteiger partial charge in [0.15, 0.2) is 0 Å². The van der Waals surface area contributed by atoms with Gasteiger partial charge in [-0.15, -0.1) is 0 Å². The first kappa shape index (κ1) is 14.1. The van der Waals surface area contributed by atoms with Crippen molar-refractivity contribution < 1.29 is 0 Å². The average molecular weight is 218 g/mol. The number of hydrogen-bond acceptors (Lipinski definition) is 4. The molecule has 2 atom stereocenters. The molecule has 0 aromatic heterocycles. The van der Waals surface area contributed by atoms with Crippen molar-refractivity contribution in [2.24, 2.45) is 5.92 Å². The second-order valence-corrected chi connectivity index (χ2v) is 7.11. The normalized spacial score (nSPS) is 16.7. The lowest BCUT2D eigenvalue weighted by Crippen LogP contribution is -2.80. The van der Waals surface area contributed by atoms with Gasteiger partial charge < -0.3 is 14.9 Å². The second kappa shape index (κ2) is 6.52. The molecule has 14 heavy (non-hydrogen) atoms. The van der Waals surface area contributed by atoms with Crippen LogP contribution in [0.25, 0.3) is 0 Å². The summed E-state index contributed by atoms with van der Waals surface area (Å²) in [7, 11) is 4.09. The summed E-state index contributed by atoms with van der Waals surface area (Å²) in [4.78, 5) is 13.6. The van der Waals surface area contributed by atoms with Gasteiger partial charge in [-0.1, -0.05) is 20.3 Å². The molecule has 0 saturated heterocycles. The van der Waals surface area contributed by atoms with Gasteiger partial charge in [0.2, 0.25) is 0 Å². The molecule has 0 radical (unpaired) electrons. The van der Waals surface area contributed by atoms with Crippen LogP contribution in [-0.4, -0.2) is 35.9 Å². The predicted molar refractivity (Wildman–Crippen MR) is 65.0 cm³/mol. The van der Waals surface area contributed by atoms with Gasteiger partial charge in [0.25, 0.3) is 0 Å². The van der Waals surface area contributed by atoms with Crippen LogP contribution in [-0.2, 0) is 0 Å². The van der Waals surface area contributed by atoms with Gasteiger partial charge in [0, 0.05) is 6.04 Å². The lowest BCUT2D eigenvalue weighted by molar-refractivity contribution is 0.429. The lowest BCUT2D eigenvalue weighted by atomic mass is 10.0. The van der Waals surface area contributed by atoms with E-state index in [0.717, 1.165) is 0 Å². The molecule has 4 N–H and O–H groups in total. The van der Waals surface area contributed by atoms with Crippen molar-refractivity contribution in [3.05, 3.63) is 0 Å². The Bertz CT molecular complexity index is 141. The maximum atomic E-state index is 3.64. The molecule has 0 rings (SSSR count). The topological polar surface area (TPSA) is 48.1 Å². The van der Waals surface area contributed by atoms with Gasteiger partial charge in [-0.2, -0.15) is 0 Å². The van der Waals surface area contributed by atoms with Gasteiger partial charge >= 0.3 is 8.72 Å². The summed E-state index contributed by atoms with van der Waals surface area (Å²) in [5, 5.41) is 0. The fourth-order valence-corrected chi connectivity index (χ4v) is 3.58. The quantitative estimate of drug-likeness (QED) is 0.458. The summed E-state index contributed by atoms with van der Waals surface area (Å²) in [6.45, 7) is 6.74. The van der Waals surface area contributed by atoms with Crippen molar-refractivity contribution in [1.82, 2.24) is 19.9 Å². The highest BCUT2D eigenvalue weighted by molar-refractivity contribution is 6.69. The van der Waals surface area contributed by atoms with E-state index < -0.39 is 8.72 Å². The number of hydrogen-bond donors (Lipinski definition) is 4. The fourth-order valence-electron chi connectivity index (χ4n) is 1.43. The van der Waals surface area contributed by atoms with Crippen LogP contribution >= 0.6 is 0 Å². The molecule has 0 bridgehead atoms. The maximum absolute atomic E-state index is 3.64. The summed E-state index contributed by atoms with van der Waals surface area (Å²) in [5.41, 5.74) is 0. The molecule has 0 aliphatic carbocycles. The minimum absolute atomic E-state index is 0.513. The molecule has 0 heterocycles. The van der Waals surface area contributed by atoms with Crippen LogP contribution in [0.4, 0.5) is 0 Å². The summed E-state index contributed by atoms with van der Waals surface area (Å²) in [6.07, 6.45) is 1.20.